The van der Waals surface area contributed by atoms with Crippen LogP contribution >= 0.6 is 0 Å². The van der Waals surface area contributed by atoms with E-state index in [0.717, 1.165) is 5.75 Å². The lowest BCUT2D eigenvalue weighted by atomic mass is 10.0. The van der Waals surface area contributed by atoms with Gasteiger partial charge in [-0.05, 0) is 36.4 Å². The maximum absolute atomic E-state index is 5.34. The molecule has 0 spiro atoms. The van der Waals surface area contributed by atoms with Crippen molar-refractivity contribution in [1.29, 1.82) is 0 Å². The van der Waals surface area contributed by atoms with E-state index in [-0.39, 0.29) is 0 Å². The Balaban J connectivity index is 2.91. The third kappa shape index (κ3) is 1.25. The fourth-order valence-electron chi connectivity index (χ4n) is 1.95. The lowest BCUT2D eigenvalue weighted by molar-refractivity contribution is 0.420. The smallest absolute Gasteiger partial charge is 0.126 e. The molecule has 0 heterocycles. The van der Waals surface area contributed by atoms with Crippen molar-refractivity contribution < 1.29 is 4.74 Å². The first-order valence-electron chi connectivity index (χ1n) is 4.77. The molecular weight excluding hydrogens is 172 g/mol. The Labute approximate surface area is 84.3 Å². The van der Waals surface area contributed by atoms with Crippen molar-refractivity contribution >= 4 is 10.8 Å². The topological polar surface area (TPSA) is 9.23 Å². The lowest BCUT2D eigenvalue weighted by Gasteiger charge is -2.09. The largest absolute Gasteiger partial charge is 0.496 e. The highest BCUT2D eigenvalue weighted by atomic mass is 16.5. The van der Waals surface area contributed by atoms with Gasteiger partial charge in [0.1, 0.15) is 5.75 Å². The van der Waals surface area contributed by atoms with Crippen molar-refractivity contribution in [3.63, 3.8) is 0 Å². The first-order chi connectivity index (χ1) is 6.74. The van der Waals surface area contributed by atoms with E-state index in [1.165, 1.54) is 21.9 Å². The molecule has 0 radical (unpaired) electrons. The summed E-state index contributed by atoms with van der Waals surface area (Å²) in [6.07, 6.45) is 0. The van der Waals surface area contributed by atoms with Crippen LogP contribution in [-0.2, 0) is 0 Å². The molecule has 2 aromatic rings. The number of aryl methyl sites for hydroxylation is 2. The highest BCUT2D eigenvalue weighted by Crippen LogP contribution is 2.30. The molecule has 0 fully saturated rings. The molecule has 0 bridgehead atoms. The van der Waals surface area contributed by atoms with Crippen molar-refractivity contribution in [1.82, 2.24) is 0 Å². The van der Waals surface area contributed by atoms with Gasteiger partial charge >= 0.3 is 0 Å². The standard InChI is InChI=1S/C13H14O/c1-9-5-4-6-11-12(14-3)8-7-10(2)13(9)11/h4-8H,1-3H3. The van der Waals surface area contributed by atoms with Crippen molar-refractivity contribution in [2.45, 2.75) is 13.8 Å². The number of hydrogen-bond donors (Lipinski definition) is 0. The fraction of sp³-hybridized carbons (Fsp3) is 0.231. The van der Waals surface area contributed by atoms with Gasteiger partial charge < -0.3 is 4.74 Å². The van der Waals surface area contributed by atoms with E-state index >= 15 is 0 Å². The molecule has 2 rings (SSSR count). The Bertz CT molecular complexity index is 464. The normalized spacial score (nSPS) is 10.5. The monoisotopic (exact) mass is 186 g/mol. The van der Waals surface area contributed by atoms with Crippen LogP contribution < -0.4 is 4.74 Å². The predicted molar refractivity (Wildman–Crippen MR) is 60.0 cm³/mol. The molecule has 0 saturated carbocycles. The molecule has 72 valence electrons. The summed E-state index contributed by atoms with van der Waals surface area (Å²) in [5.41, 5.74) is 2.61. The first kappa shape index (κ1) is 9.07. The van der Waals surface area contributed by atoms with Gasteiger partial charge in [0.15, 0.2) is 0 Å². The summed E-state index contributed by atoms with van der Waals surface area (Å²) in [6, 6.07) is 10.4. The highest BCUT2D eigenvalue weighted by Gasteiger charge is 2.04. The molecule has 14 heavy (non-hydrogen) atoms. The maximum Gasteiger partial charge on any atom is 0.126 e. The number of ether oxygens (including phenoxy) is 1. The van der Waals surface area contributed by atoms with Gasteiger partial charge in [0.05, 0.1) is 7.11 Å². The Hall–Kier alpha value is -1.50. The van der Waals surface area contributed by atoms with Gasteiger partial charge in [-0.2, -0.15) is 0 Å². The number of hydrogen-bond acceptors (Lipinski definition) is 1. The molecule has 0 unspecified atom stereocenters. The van der Waals surface area contributed by atoms with Crippen LogP contribution in [0.4, 0.5) is 0 Å². The van der Waals surface area contributed by atoms with Crippen LogP contribution in [0.2, 0.25) is 0 Å². The average molecular weight is 186 g/mol. The molecule has 0 atom stereocenters. The number of rotatable bonds is 1. The zero-order valence-corrected chi connectivity index (χ0v) is 8.79. The predicted octanol–water partition coefficient (Wildman–Crippen LogP) is 3.47. The molecule has 0 aromatic heterocycles. The summed E-state index contributed by atoms with van der Waals surface area (Å²) in [5.74, 6) is 0.953. The minimum Gasteiger partial charge on any atom is -0.496 e. The van der Waals surface area contributed by atoms with E-state index < -0.39 is 0 Å². The molecule has 2 aromatic carbocycles. The van der Waals surface area contributed by atoms with Crippen molar-refractivity contribution in [2.75, 3.05) is 7.11 Å². The fourth-order valence-corrected chi connectivity index (χ4v) is 1.95. The Morgan fingerprint density at radius 1 is 0.929 bits per heavy atom. The number of fused-ring (bicyclic) bond motifs is 1. The van der Waals surface area contributed by atoms with Crippen molar-refractivity contribution in [2.24, 2.45) is 0 Å². The molecule has 0 N–H and O–H groups in total. The minimum absolute atomic E-state index is 0.953. The van der Waals surface area contributed by atoms with Crippen LogP contribution in [-0.4, -0.2) is 7.11 Å². The second-order valence-corrected chi connectivity index (χ2v) is 3.58. The number of methoxy groups -OCH3 is 1. The van der Waals surface area contributed by atoms with Crippen LogP contribution in [0.1, 0.15) is 11.1 Å². The second-order valence-electron chi connectivity index (χ2n) is 3.58. The molecule has 1 nitrogen and oxygen atoms in total. The Morgan fingerprint density at radius 2 is 1.64 bits per heavy atom. The summed E-state index contributed by atoms with van der Waals surface area (Å²) < 4.78 is 5.34. The van der Waals surface area contributed by atoms with Crippen LogP contribution in [0.3, 0.4) is 0 Å². The summed E-state index contributed by atoms with van der Waals surface area (Å²) in [7, 11) is 1.71. The summed E-state index contributed by atoms with van der Waals surface area (Å²) >= 11 is 0. The molecule has 0 aliphatic carbocycles. The Morgan fingerprint density at radius 3 is 2.36 bits per heavy atom. The third-order valence-corrected chi connectivity index (χ3v) is 2.64. The summed E-state index contributed by atoms with van der Waals surface area (Å²) in [6.45, 7) is 4.27. The van der Waals surface area contributed by atoms with E-state index in [2.05, 4.69) is 38.1 Å². The average Bonchev–Trinajstić information content (AvgIpc) is 2.18. The molecule has 0 amide bonds. The lowest BCUT2D eigenvalue weighted by Crippen LogP contribution is -1.88. The van der Waals surface area contributed by atoms with Gasteiger partial charge in [-0.1, -0.05) is 24.3 Å². The molecule has 1 heteroatoms. The van der Waals surface area contributed by atoms with Gasteiger partial charge in [0, 0.05) is 5.39 Å². The zero-order valence-electron chi connectivity index (χ0n) is 8.79. The maximum atomic E-state index is 5.34. The van der Waals surface area contributed by atoms with Crippen LogP contribution in [0, 0.1) is 13.8 Å². The zero-order chi connectivity index (χ0) is 10.1. The van der Waals surface area contributed by atoms with E-state index in [1.54, 1.807) is 7.11 Å². The Kier molecular flexibility index (Phi) is 2.16. The molecular formula is C13H14O. The molecule has 0 aliphatic rings. The summed E-state index contributed by atoms with van der Waals surface area (Å²) in [5, 5.41) is 2.51. The van der Waals surface area contributed by atoms with Crippen molar-refractivity contribution in [3.05, 3.63) is 41.5 Å². The van der Waals surface area contributed by atoms with Gasteiger partial charge in [0.25, 0.3) is 0 Å². The van der Waals surface area contributed by atoms with Gasteiger partial charge in [0.2, 0.25) is 0 Å². The SMILES string of the molecule is COc1ccc(C)c2c(C)cccc12. The quantitative estimate of drug-likeness (QED) is 0.662. The van der Waals surface area contributed by atoms with Gasteiger partial charge in [-0.3, -0.25) is 0 Å². The van der Waals surface area contributed by atoms with Crippen LogP contribution in [0.15, 0.2) is 30.3 Å². The van der Waals surface area contributed by atoms with Gasteiger partial charge in [-0.25, -0.2) is 0 Å². The van der Waals surface area contributed by atoms with E-state index in [9.17, 15) is 0 Å². The number of benzene rings is 2. The summed E-state index contributed by atoms with van der Waals surface area (Å²) in [4.78, 5) is 0. The minimum atomic E-state index is 0.953. The first-order valence-corrected chi connectivity index (χ1v) is 4.77. The van der Waals surface area contributed by atoms with Crippen molar-refractivity contribution in [3.8, 4) is 5.75 Å². The third-order valence-electron chi connectivity index (χ3n) is 2.64. The van der Waals surface area contributed by atoms with Crippen LogP contribution in [0.5, 0.6) is 5.75 Å². The van der Waals surface area contributed by atoms with E-state index in [0.29, 0.717) is 0 Å². The van der Waals surface area contributed by atoms with E-state index in [1.807, 2.05) is 6.07 Å². The molecule has 0 saturated heterocycles. The van der Waals surface area contributed by atoms with Crippen LogP contribution in [0.25, 0.3) is 10.8 Å². The van der Waals surface area contributed by atoms with Gasteiger partial charge in [-0.15, -0.1) is 0 Å². The highest BCUT2D eigenvalue weighted by molar-refractivity contribution is 5.93. The van der Waals surface area contributed by atoms with E-state index in [4.69, 9.17) is 4.74 Å². The second kappa shape index (κ2) is 3.33. The molecule has 0 aliphatic heterocycles.